The predicted octanol–water partition coefficient (Wildman–Crippen LogP) is 6.63. The Hall–Kier alpha value is -3.15. The van der Waals surface area contributed by atoms with Gasteiger partial charge in [0.15, 0.2) is 17.1 Å². The highest BCUT2D eigenvalue weighted by Gasteiger charge is 2.79. The zero-order chi connectivity index (χ0) is 32.6. The zero-order valence-electron chi connectivity index (χ0n) is 25.4. The van der Waals surface area contributed by atoms with Crippen molar-refractivity contribution in [2.45, 2.75) is 63.3 Å². The van der Waals surface area contributed by atoms with Crippen LogP contribution in [0.1, 0.15) is 38.7 Å². The third-order valence-corrected chi connectivity index (χ3v) is 12.2. The fourth-order valence-electron chi connectivity index (χ4n) is 9.35. The number of nitrogens with zero attached hydrogens (tertiary/aromatic N) is 1. The predicted molar refractivity (Wildman–Crippen MR) is 164 cm³/mol. The first kappa shape index (κ1) is 31.4. The number of anilines is 1. The second-order valence-electron chi connectivity index (χ2n) is 13.6. The summed E-state index contributed by atoms with van der Waals surface area (Å²) >= 11 is 0.495. The Labute approximate surface area is 268 Å². The van der Waals surface area contributed by atoms with Crippen molar-refractivity contribution in [2.75, 3.05) is 17.6 Å². The van der Waals surface area contributed by atoms with Gasteiger partial charge in [0.05, 0.1) is 18.3 Å². The monoisotopic (exact) mass is 657 g/mol. The van der Waals surface area contributed by atoms with Crippen molar-refractivity contribution in [1.29, 1.82) is 0 Å². The van der Waals surface area contributed by atoms with Crippen molar-refractivity contribution in [3.8, 4) is 5.75 Å². The highest BCUT2D eigenvalue weighted by Crippen LogP contribution is 2.73. The summed E-state index contributed by atoms with van der Waals surface area (Å²) in [4.78, 5) is 32.7. The number of hydrogen-bond acceptors (Lipinski definition) is 7. The lowest BCUT2D eigenvalue weighted by molar-refractivity contribution is -0.225. The molecule has 4 fully saturated rings. The SMILES string of the molecule is C[C@]12C=CC(=O)C=C1[C@@H](F)C[C@H]1[C@@H]3C[C@H]4CN(c5ccc(OCc6ccc(F)cc6)cc5)O[C@@]4(C(=O)SCF)[C@@]3(C)C[C@H](O)[C@@]12F. The molecule has 46 heavy (non-hydrogen) atoms. The number of ketones is 1. The van der Waals surface area contributed by atoms with Crippen LogP contribution in [0.15, 0.2) is 72.3 Å². The summed E-state index contributed by atoms with van der Waals surface area (Å²) in [5.74, 6) is -2.20. The number of carbonyl (C=O) groups is 2. The van der Waals surface area contributed by atoms with Crippen molar-refractivity contribution in [3.05, 3.63) is 83.7 Å². The Balaban J connectivity index is 1.18. The molecule has 2 aromatic rings. The minimum atomic E-state index is -2.29. The van der Waals surface area contributed by atoms with Crippen molar-refractivity contribution in [1.82, 2.24) is 0 Å². The lowest BCUT2D eigenvalue weighted by Gasteiger charge is -2.63. The molecule has 9 atom stereocenters. The van der Waals surface area contributed by atoms with Gasteiger partial charge in [-0.2, -0.15) is 0 Å². The summed E-state index contributed by atoms with van der Waals surface area (Å²) in [5.41, 5.74) is -5.11. The van der Waals surface area contributed by atoms with Gasteiger partial charge < -0.3 is 9.84 Å². The molecule has 244 valence electrons. The largest absolute Gasteiger partial charge is 0.489 e. The number of ether oxygens (including phenoxy) is 1. The van der Waals surface area contributed by atoms with Crippen LogP contribution in [0.25, 0.3) is 0 Å². The number of benzene rings is 2. The van der Waals surface area contributed by atoms with E-state index < -0.39 is 69.0 Å². The number of hydrogen-bond donors (Lipinski definition) is 1. The standard InChI is InChI=1S/C35H35F4NO5S/c1-32-12-11-24(41)14-28(32)29(38)15-27-26-13-21-17-40(23-7-9-25(10-8-23)44-18-20-3-5-22(37)6-4-20)45-35(21,31(43)46-19-36)33(26,2)16-30(42)34(27,32)39/h3-12,14,21,26-27,29-30,42H,13,15-19H2,1-2H3/t21-,26-,27-,29-,30-,32-,33-,34-,35-/m0/s1. The molecule has 0 aromatic heterocycles. The fraction of sp³-hybridized carbons (Fsp3) is 0.486. The molecule has 0 bridgehead atoms. The Bertz CT molecular complexity index is 1620. The van der Waals surface area contributed by atoms with Crippen LogP contribution in [-0.2, 0) is 21.0 Å². The third kappa shape index (κ3) is 4.30. The van der Waals surface area contributed by atoms with Gasteiger partial charge in [-0.1, -0.05) is 36.9 Å². The van der Waals surface area contributed by atoms with E-state index in [0.717, 1.165) is 11.6 Å². The van der Waals surface area contributed by atoms with Crippen LogP contribution in [-0.4, -0.2) is 52.1 Å². The summed E-state index contributed by atoms with van der Waals surface area (Å²) < 4.78 is 66.2. The number of halogens is 4. The van der Waals surface area contributed by atoms with Gasteiger partial charge in [0, 0.05) is 22.7 Å². The van der Waals surface area contributed by atoms with Crippen molar-refractivity contribution < 1.29 is 41.8 Å². The highest BCUT2D eigenvalue weighted by atomic mass is 32.2. The van der Waals surface area contributed by atoms with Crippen LogP contribution in [0.5, 0.6) is 5.75 Å². The van der Waals surface area contributed by atoms with Gasteiger partial charge in [-0.25, -0.2) is 17.6 Å². The topological polar surface area (TPSA) is 76.1 Å². The highest BCUT2D eigenvalue weighted by molar-refractivity contribution is 8.13. The molecule has 1 N–H and O–H groups in total. The van der Waals surface area contributed by atoms with Gasteiger partial charge in [0.1, 0.15) is 30.4 Å². The van der Waals surface area contributed by atoms with E-state index in [1.165, 1.54) is 31.2 Å². The maximum absolute atomic E-state index is 17.6. The lowest BCUT2D eigenvalue weighted by Crippen LogP contribution is -2.70. The van der Waals surface area contributed by atoms with Crippen LogP contribution >= 0.6 is 11.8 Å². The van der Waals surface area contributed by atoms with Crippen LogP contribution in [0.2, 0.25) is 0 Å². The number of carbonyl (C=O) groups excluding carboxylic acids is 2. The van der Waals surface area contributed by atoms with Crippen LogP contribution < -0.4 is 9.80 Å². The summed E-state index contributed by atoms with van der Waals surface area (Å²) in [6, 6.07) is 12.0. The molecule has 0 radical (unpaired) electrons. The number of thioether (sulfide) groups is 1. The van der Waals surface area contributed by atoms with Gasteiger partial charge in [0.2, 0.25) is 5.12 Å². The van der Waals surface area contributed by atoms with Crippen molar-refractivity contribution >= 4 is 28.3 Å². The Morgan fingerprint density at radius 1 is 1.11 bits per heavy atom. The van der Waals surface area contributed by atoms with Crippen molar-refractivity contribution in [2.24, 2.45) is 28.6 Å². The van der Waals surface area contributed by atoms with Gasteiger partial charge in [-0.3, -0.25) is 19.5 Å². The molecule has 0 amide bonds. The quantitative estimate of drug-likeness (QED) is 0.350. The molecular weight excluding hydrogens is 622 g/mol. The molecule has 3 saturated carbocycles. The van der Waals surface area contributed by atoms with E-state index in [1.807, 2.05) is 0 Å². The smallest absolute Gasteiger partial charge is 0.226 e. The lowest BCUT2D eigenvalue weighted by atomic mass is 9.44. The van der Waals surface area contributed by atoms with E-state index in [0.29, 0.717) is 29.6 Å². The third-order valence-electron chi connectivity index (χ3n) is 11.6. The molecule has 2 aromatic carbocycles. The number of fused-ring (bicyclic) bond motifs is 7. The number of alkyl halides is 3. The number of aliphatic hydroxyl groups is 1. The van der Waals surface area contributed by atoms with Gasteiger partial charge >= 0.3 is 0 Å². The molecule has 5 aliphatic rings. The first-order valence-electron chi connectivity index (χ1n) is 15.5. The van der Waals surface area contributed by atoms with Gasteiger partial charge in [-0.15, -0.1) is 0 Å². The minimum Gasteiger partial charge on any atom is -0.489 e. The van der Waals surface area contributed by atoms with Gasteiger partial charge in [0.25, 0.3) is 0 Å². The normalized spacial score (nSPS) is 39.3. The Morgan fingerprint density at radius 2 is 1.83 bits per heavy atom. The molecule has 6 nitrogen and oxygen atoms in total. The first-order valence-corrected chi connectivity index (χ1v) is 16.5. The summed E-state index contributed by atoms with van der Waals surface area (Å²) in [6.07, 6.45) is 0.469. The average Bonchev–Trinajstić information content (AvgIpc) is 3.53. The molecule has 0 spiro atoms. The van der Waals surface area contributed by atoms with Gasteiger partial charge in [-0.05, 0) is 91.8 Å². The number of hydroxylamine groups is 1. The van der Waals surface area contributed by atoms with E-state index >= 15 is 8.78 Å². The summed E-state index contributed by atoms with van der Waals surface area (Å²) in [6.45, 7) is 3.81. The van der Waals surface area contributed by atoms with Crippen LogP contribution in [0.4, 0.5) is 23.2 Å². The maximum atomic E-state index is 17.6. The molecule has 11 heteroatoms. The fourth-order valence-corrected chi connectivity index (χ4v) is 10.1. The zero-order valence-corrected chi connectivity index (χ0v) is 26.2. The van der Waals surface area contributed by atoms with E-state index in [-0.39, 0.29) is 37.4 Å². The number of aliphatic hydroxyl groups excluding tert-OH is 1. The van der Waals surface area contributed by atoms with Crippen LogP contribution in [0, 0.1) is 34.4 Å². The number of allylic oxidation sites excluding steroid dienone is 4. The van der Waals surface area contributed by atoms with E-state index in [1.54, 1.807) is 48.4 Å². The second-order valence-corrected chi connectivity index (χ2v) is 14.5. The molecule has 7 rings (SSSR count). The minimum absolute atomic E-state index is 0.0332. The second kappa shape index (κ2) is 11.0. The molecule has 1 heterocycles. The molecule has 1 saturated heterocycles. The molecule has 1 aliphatic heterocycles. The first-order chi connectivity index (χ1) is 21.9. The summed E-state index contributed by atoms with van der Waals surface area (Å²) in [7, 11) is 0. The van der Waals surface area contributed by atoms with E-state index in [9.17, 15) is 23.5 Å². The van der Waals surface area contributed by atoms with E-state index in [2.05, 4.69) is 0 Å². The Morgan fingerprint density at radius 3 is 2.52 bits per heavy atom. The molecule has 0 unspecified atom stereocenters. The van der Waals surface area contributed by atoms with Crippen LogP contribution in [0.3, 0.4) is 0 Å². The molecular formula is C35H35F4NO5S. The maximum Gasteiger partial charge on any atom is 0.226 e. The Kier molecular flexibility index (Phi) is 7.49. The summed E-state index contributed by atoms with van der Waals surface area (Å²) in [5, 5.41) is 12.8. The molecule has 4 aliphatic carbocycles. The average molecular weight is 658 g/mol. The van der Waals surface area contributed by atoms with E-state index in [4.69, 9.17) is 9.57 Å². The number of rotatable bonds is 6. The van der Waals surface area contributed by atoms with Crippen molar-refractivity contribution in [3.63, 3.8) is 0 Å².